The van der Waals surface area contributed by atoms with E-state index in [1.807, 2.05) is 0 Å². The molecular weight excluding hydrogens is 189 g/mol. The van der Waals surface area contributed by atoms with Crippen molar-refractivity contribution >= 4 is 34.2 Å². The zero-order valence-corrected chi connectivity index (χ0v) is 5.99. The van der Waals surface area contributed by atoms with Gasteiger partial charge in [-0.1, -0.05) is 0 Å². The van der Waals surface area contributed by atoms with Gasteiger partial charge < -0.3 is 0 Å². The lowest BCUT2D eigenvalue weighted by Gasteiger charge is -1.99. The van der Waals surface area contributed by atoms with Crippen LogP contribution in [-0.2, 0) is 9.59 Å². The van der Waals surface area contributed by atoms with E-state index in [1.165, 1.54) is 0 Å². The van der Waals surface area contributed by atoms with Crippen molar-refractivity contribution in [3.8, 4) is 0 Å². The minimum Gasteiger partial charge on any atom is -0.291 e. The lowest BCUT2D eigenvalue weighted by Crippen LogP contribution is -2.26. The van der Waals surface area contributed by atoms with Gasteiger partial charge in [-0.05, 0) is 11.6 Å². The van der Waals surface area contributed by atoms with Crippen molar-refractivity contribution in [1.29, 1.82) is 0 Å². The average Bonchev–Trinajstić information content (AvgIpc) is 1.84. The molecule has 0 heterocycles. The highest BCUT2D eigenvalue weighted by Gasteiger charge is 2.29. The first kappa shape index (κ1) is 9.78. The van der Waals surface area contributed by atoms with Gasteiger partial charge in [0.2, 0.25) is 11.0 Å². The van der Waals surface area contributed by atoms with Gasteiger partial charge in [0.25, 0.3) is 6.43 Å². The SMILES string of the molecule is O=C(Cl)C(Cl)C(=O)C(F)F. The zero-order chi connectivity index (χ0) is 8.31. The van der Waals surface area contributed by atoms with E-state index < -0.39 is 22.8 Å². The van der Waals surface area contributed by atoms with E-state index in [4.69, 9.17) is 11.6 Å². The molecule has 2 nitrogen and oxygen atoms in total. The molecule has 1 unspecified atom stereocenters. The number of carbonyl (C=O) groups excluding carboxylic acids is 2. The first-order valence-electron chi connectivity index (χ1n) is 2.12. The quantitative estimate of drug-likeness (QED) is 0.381. The molecule has 0 saturated heterocycles. The highest BCUT2D eigenvalue weighted by Crippen LogP contribution is 2.08. The van der Waals surface area contributed by atoms with Gasteiger partial charge in [-0.3, -0.25) is 9.59 Å². The second kappa shape index (κ2) is 3.83. The number of halogens is 4. The van der Waals surface area contributed by atoms with Crippen LogP contribution in [0.3, 0.4) is 0 Å². The Morgan fingerprint density at radius 2 is 1.70 bits per heavy atom. The number of carbonyl (C=O) groups is 2. The average molecular weight is 191 g/mol. The molecule has 0 aliphatic carbocycles. The summed E-state index contributed by atoms with van der Waals surface area (Å²) in [5.74, 6) is -1.67. The number of hydrogen-bond acceptors (Lipinski definition) is 2. The van der Waals surface area contributed by atoms with Crippen LogP contribution in [0.15, 0.2) is 0 Å². The van der Waals surface area contributed by atoms with E-state index in [1.54, 1.807) is 0 Å². The van der Waals surface area contributed by atoms with Crippen LogP contribution < -0.4 is 0 Å². The number of rotatable bonds is 3. The molecule has 0 radical (unpaired) electrons. The van der Waals surface area contributed by atoms with Crippen LogP contribution in [-0.4, -0.2) is 22.8 Å². The summed E-state index contributed by atoms with van der Waals surface area (Å²) in [7, 11) is 0. The van der Waals surface area contributed by atoms with Gasteiger partial charge in [0.1, 0.15) is 0 Å². The van der Waals surface area contributed by atoms with Crippen molar-refractivity contribution < 1.29 is 18.4 Å². The van der Waals surface area contributed by atoms with Crippen molar-refractivity contribution in [2.45, 2.75) is 11.8 Å². The van der Waals surface area contributed by atoms with Crippen LogP contribution in [0.1, 0.15) is 0 Å². The van der Waals surface area contributed by atoms with Gasteiger partial charge >= 0.3 is 0 Å². The lowest BCUT2D eigenvalue weighted by molar-refractivity contribution is -0.131. The normalized spacial score (nSPS) is 13.3. The van der Waals surface area contributed by atoms with E-state index in [0.29, 0.717) is 0 Å². The van der Waals surface area contributed by atoms with Crippen LogP contribution in [0, 0.1) is 0 Å². The first-order chi connectivity index (χ1) is 4.46. The Bertz CT molecular complexity index is 159. The highest BCUT2D eigenvalue weighted by atomic mass is 35.5. The molecule has 0 aliphatic rings. The van der Waals surface area contributed by atoms with Crippen LogP contribution in [0.25, 0.3) is 0 Å². The van der Waals surface area contributed by atoms with Gasteiger partial charge in [-0.15, -0.1) is 11.6 Å². The summed E-state index contributed by atoms with van der Waals surface area (Å²) < 4.78 is 22.8. The molecule has 0 N–H and O–H groups in total. The third-order valence-electron chi connectivity index (χ3n) is 0.664. The van der Waals surface area contributed by atoms with Crippen molar-refractivity contribution in [3.63, 3.8) is 0 Å². The molecule has 0 saturated carbocycles. The molecule has 6 heteroatoms. The first-order valence-corrected chi connectivity index (χ1v) is 2.93. The van der Waals surface area contributed by atoms with Crippen molar-refractivity contribution in [3.05, 3.63) is 0 Å². The van der Waals surface area contributed by atoms with Crippen LogP contribution >= 0.6 is 23.2 Å². The fourth-order valence-electron chi connectivity index (χ4n) is 0.222. The van der Waals surface area contributed by atoms with Gasteiger partial charge in [-0.25, -0.2) is 8.78 Å². The Labute approximate surface area is 65.1 Å². The van der Waals surface area contributed by atoms with Crippen LogP contribution in [0.4, 0.5) is 8.78 Å². The van der Waals surface area contributed by atoms with Gasteiger partial charge in [-0.2, -0.15) is 0 Å². The monoisotopic (exact) mass is 190 g/mol. The maximum atomic E-state index is 11.4. The smallest absolute Gasteiger partial charge is 0.291 e. The molecule has 0 amide bonds. The number of hydrogen-bond donors (Lipinski definition) is 0. The molecular formula is C4H2Cl2F2O2. The molecule has 0 bridgehead atoms. The third kappa shape index (κ3) is 2.58. The summed E-state index contributed by atoms with van der Waals surface area (Å²) in [4.78, 5) is 20.1. The largest absolute Gasteiger partial charge is 0.298 e. The van der Waals surface area contributed by atoms with E-state index in [9.17, 15) is 18.4 Å². The Balaban J connectivity index is 4.08. The van der Waals surface area contributed by atoms with Crippen molar-refractivity contribution in [1.82, 2.24) is 0 Å². The summed E-state index contributed by atoms with van der Waals surface area (Å²) in [5, 5.41) is -3.21. The highest BCUT2D eigenvalue weighted by molar-refractivity contribution is 6.72. The maximum Gasteiger partial charge on any atom is 0.298 e. The standard InChI is InChI=1S/C4H2Cl2F2O2/c5-1(3(6)10)2(9)4(7)8/h1,4H. The summed E-state index contributed by atoms with van der Waals surface area (Å²) in [6.07, 6.45) is -3.25. The molecule has 0 aromatic carbocycles. The van der Waals surface area contributed by atoms with E-state index >= 15 is 0 Å². The summed E-state index contributed by atoms with van der Waals surface area (Å²) in [5.41, 5.74) is 0. The number of alkyl halides is 3. The van der Waals surface area contributed by atoms with Crippen LogP contribution in [0.5, 0.6) is 0 Å². The summed E-state index contributed by atoms with van der Waals surface area (Å²) >= 11 is 9.49. The third-order valence-corrected chi connectivity index (χ3v) is 1.41. The molecule has 58 valence electrons. The molecule has 0 fully saturated rings. The minimum absolute atomic E-state index is 1.29. The fraction of sp³-hybridized carbons (Fsp3) is 0.500. The van der Waals surface area contributed by atoms with E-state index in [0.717, 1.165) is 0 Å². The van der Waals surface area contributed by atoms with Crippen molar-refractivity contribution in [2.75, 3.05) is 0 Å². The Kier molecular flexibility index (Phi) is 3.75. The predicted octanol–water partition coefficient (Wildman–Crippen LogP) is 1.19. The second-order valence-corrected chi connectivity index (χ2v) is 2.18. The minimum atomic E-state index is -3.25. The molecule has 0 rings (SSSR count). The molecule has 0 aliphatic heterocycles. The summed E-state index contributed by atoms with van der Waals surface area (Å²) in [6.45, 7) is 0. The summed E-state index contributed by atoms with van der Waals surface area (Å²) in [6, 6.07) is 0. The number of Topliss-reactive ketones (excluding diaryl/α,β-unsaturated/α-hetero) is 1. The fourth-order valence-corrected chi connectivity index (χ4v) is 0.425. The van der Waals surface area contributed by atoms with Gasteiger partial charge in [0.15, 0.2) is 5.38 Å². The van der Waals surface area contributed by atoms with E-state index in [2.05, 4.69) is 11.6 Å². The molecule has 0 aromatic heterocycles. The molecule has 0 spiro atoms. The van der Waals surface area contributed by atoms with E-state index in [-0.39, 0.29) is 0 Å². The number of ketones is 1. The molecule has 10 heavy (non-hydrogen) atoms. The second-order valence-electron chi connectivity index (χ2n) is 1.37. The van der Waals surface area contributed by atoms with Gasteiger partial charge in [0.05, 0.1) is 0 Å². The van der Waals surface area contributed by atoms with Crippen molar-refractivity contribution in [2.24, 2.45) is 0 Å². The lowest BCUT2D eigenvalue weighted by atomic mass is 10.3. The topological polar surface area (TPSA) is 34.1 Å². The maximum absolute atomic E-state index is 11.4. The zero-order valence-electron chi connectivity index (χ0n) is 4.48. The molecule has 1 atom stereocenters. The molecule has 0 aromatic rings. The predicted molar refractivity (Wildman–Crippen MR) is 31.5 cm³/mol. The van der Waals surface area contributed by atoms with Gasteiger partial charge in [0, 0.05) is 0 Å². The Morgan fingerprint density at radius 1 is 1.30 bits per heavy atom. The van der Waals surface area contributed by atoms with Crippen LogP contribution in [0.2, 0.25) is 0 Å². The Morgan fingerprint density at radius 3 is 1.80 bits per heavy atom. The Hall–Kier alpha value is -0.220.